The standard InChI is InChI=1S/C28H33FN6O3/c1-19-8-10-21(11-9-19)27-31-33-35(32-27)18-25(36)34(17-24-7-4-16-38-24)26(20-12-14-22(29)15-13-20)28(37)30-23-5-2-3-6-23/h8-15,23-24,26H,2-7,16-18H2,1H3,(H,30,37)/t24-,26+/m0/s1. The van der Waals surface area contributed by atoms with Gasteiger partial charge in [-0.25, -0.2) is 4.39 Å². The van der Waals surface area contributed by atoms with Crippen molar-refractivity contribution >= 4 is 11.8 Å². The average molecular weight is 521 g/mol. The van der Waals surface area contributed by atoms with E-state index in [-0.39, 0.29) is 37.0 Å². The van der Waals surface area contributed by atoms with Crippen LogP contribution in [0.5, 0.6) is 0 Å². The van der Waals surface area contributed by atoms with Crippen LogP contribution in [-0.4, -0.2) is 62.2 Å². The maximum atomic E-state index is 13.8. The molecular weight excluding hydrogens is 487 g/mol. The number of benzene rings is 2. The fourth-order valence-corrected chi connectivity index (χ4v) is 5.17. The van der Waals surface area contributed by atoms with Gasteiger partial charge in [-0.3, -0.25) is 9.59 Å². The van der Waals surface area contributed by atoms with Gasteiger partial charge in [0, 0.05) is 24.8 Å². The van der Waals surface area contributed by atoms with Crippen molar-refractivity contribution in [3.8, 4) is 11.4 Å². The first kappa shape index (κ1) is 26.0. The van der Waals surface area contributed by atoms with Gasteiger partial charge in [-0.2, -0.15) is 4.80 Å². The number of rotatable bonds is 9. The number of nitrogens with one attached hydrogen (secondary N) is 1. The van der Waals surface area contributed by atoms with E-state index in [0.29, 0.717) is 18.0 Å². The van der Waals surface area contributed by atoms with Crippen molar-refractivity contribution in [3.63, 3.8) is 0 Å². The monoisotopic (exact) mass is 520 g/mol. The topological polar surface area (TPSA) is 102 Å². The van der Waals surface area contributed by atoms with Crippen LogP contribution in [0, 0.1) is 12.7 Å². The molecule has 2 heterocycles. The summed E-state index contributed by atoms with van der Waals surface area (Å²) in [5, 5.41) is 15.7. The first-order chi connectivity index (χ1) is 18.5. The Labute approximate surface area is 221 Å². The predicted molar refractivity (Wildman–Crippen MR) is 138 cm³/mol. The van der Waals surface area contributed by atoms with Crippen LogP contribution in [-0.2, 0) is 20.9 Å². The molecule has 1 aliphatic carbocycles. The number of halogens is 1. The van der Waals surface area contributed by atoms with Crippen LogP contribution in [0.15, 0.2) is 48.5 Å². The molecule has 1 saturated heterocycles. The van der Waals surface area contributed by atoms with Gasteiger partial charge in [0.05, 0.1) is 6.10 Å². The molecule has 2 aliphatic rings. The zero-order valence-electron chi connectivity index (χ0n) is 21.6. The first-order valence-electron chi connectivity index (χ1n) is 13.3. The number of ether oxygens (including phenoxy) is 1. The molecule has 3 aromatic rings. The minimum Gasteiger partial charge on any atom is -0.376 e. The fraction of sp³-hybridized carbons (Fsp3) is 0.464. The molecule has 2 amide bonds. The average Bonchev–Trinajstić information content (AvgIpc) is 3.69. The zero-order chi connectivity index (χ0) is 26.5. The summed E-state index contributed by atoms with van der Waals surface area (Å²) in [4.78, 5) is 30.3. The fourth-order valence-electron chi connectivity index (χ4n) is 5.17. The number of hydrogen-bond acceptors (Lipinski definition) is 6. The van der Waals surface area contributed by atoms with Crippen molar-refractivity contribution in [1.82, 2.24) is 30.4 Å². The molecule has 0 unspecified atom stereocenters. The van der Waals surface area contributed by atoms with Gasteiger partial charge in [-0.15, -0.1) is 10.2 Å². The Morgan fingerprint density at radius 1 is 1.08 bits per heavy atom. The highest BCUT2D eigenvalue weighted by Gasteiger charge is 2.35. The van der Waals surface area contributed by atoms with Gasteiger partial charge in [-0.05, 0) is 55.5 Å². The smallest absolute Gasteiger partial charge is 0.247 e. The molecule has 38 heavy (non-hydrogen) atoms. The normalized spacial score (nSPS) is 18.4. The van der Waals surface area contributed by atoms with E-state index in [4.69, 9.17) is 4.74 Å². The molecule has 2 fully saturated rings. The highest BCUT2D eigenvalue weighted by atomic mass is 19.1. The van der Waals surface area contributed by atoms with Crippen molar-refractivity contribution in [2.45, 2.75) is 70.2 Å². The van der Waals surface area contributed by atoms with Crippen LogP contribution in [0.25, 0.3) is 11.4 Å². The van der Waals surface area contributed by atoms with Crippen LogP contribution in [0.2, 0.25) is 0 Å². The lowest BCUT2D eigenvalue weighted by Crippen LogP contribution is -2.49. The number of amides is 2. The van der Waals surface area contributed by atoms with E-state index in [1.54, 1.807) is 12.1 Å². The summed E-state index contributed by atoms with van der Waals surface area (Å²) in [5.41, 5.74) is 2.45. The third kappa shape index (κ3) is 6.24. The Hall–Kier alpha value is -3.66. The highest BCUT2D eigenvalue weighted by Crippen LogP contribution is 2.27. The molecule has 0 radical (unpaired) electrons. The summed E-state index contributed by atoms with van der Waals surface area (Å²) in [5.74, 6) is -0.611. The van der Waals surface area contributed by atoms with Crippen molar-refractivity contribution in [2.75, 3.05) is 13.2 Å². The second-order valence-corrected chi connectivity index (χ2v) is 10.1. The summed E-state index contributed by atoms with van der Waals surface area (Å²) >= 11 is 0. The Morgan fingerprint density at radius 2 is 1.82 bits per heavy atom. The molecule has 1 N–H and O–H groups in total. The number of nitrogens with zero attached hydrogens (tertiary/aromatic N) is 5. The minimum atomic E-state index is -0.937. The maximum absolute atomic E-state index is 13.8. The Balaban J connectivity index is 1.42. The number of carbonyl (C=O) groups is 2. The SMILES string of the molecule is Cc1ccc(-c2nnn(CC(=O)N(C[C@@H]3CCCO3)[C@@H](C(=O)NC3CCCC3)c3ccc(F)cc3)n2)cc1. The molecule has 2 aromatic carbocycles. The Bertz CT molecular complexity index is 1230. The largest absolute Gasteiger partial charge is 0.376 e. The second kappa shape index (κ2) is 11.8. The van der Waals surface area contributed by atoms with E-state index in [1.807, 2.05) is 31.2 Å². The van der Waals surface area contributed by atoms with E-state index >= 15 is 0 Å². The van der Waals surface area contributed by atoms with Crippen LogP contribution >= 0.6 is 0 Å². The van der Waals surface area contributed by atoms with E-state index < -0.39 is 11.9 Å². The molecule has 200 valence electrons. The molecule has 2 atom stereocenters. The van der Waals surface area contributed by atoms with Crippen molar-refractivity contribution in [3.05, 3.63) is 65.5 Å². The second-order valence-electron chi connectivity index (χ2n) is 10.1. The minimum absolute atomic E-state index is 0.0687. The van der Waals surface area contributed by atoms with E-state index in [0.717, 1.165) is 49.7 Å². The molecule has 0 bridgehead atoms. The van der Waals surface area contributed by atoms with E-state index in [9.17, 15) is 14.0 Å². The number of carbonyl (C=O) groups excluding carboxylic acids is 2. The first-order valence-corrected chi connectivity index (χ1v) is 13.3. The molecule has 10 heteroatoms. The third-order valence-electron chi connectivity index (χ3n) is 7.23. The van der Waals surface area contributed by atoms with Crippen LogP contribution in [0.3, 0.4) is 0 Å². The molecule has 1 saturated carbocycles. The van der Waals surface area contributed by atoms with Crippen LogP contribution in [0.4, 0.5) is 4.39 Å². The summed E-state index contributed by atoms with van der Waals surface area (Å²) in [6, 6.07) is 12.6. The maximum Gasteiger partial charge on any atom is 0.247 e. The quantitative estimate of drug-likeness (QED) is 0.463. The van der Waals surface area contributed by atoms with Crippen LogP contribution in [0.1, 0.15) is 55.7 Å². The summed E-state index contributed by atoms with van der Waals surface area (Å²) in [7, 11) is 0. The van der Waals surface area contributed by atoms with Crippen molar-refractivity contribution in [1.29, 1.82) is 0 Å². The molecular formula is C28H33FN6O3. The third-order valence-corrected chi connectivity index (χ3v) is 7.23. The van der Waals surface area contributed by atoms with Gasteiger partial charge in [0.15, 0.2) is 0 Å². The number of tetrazole rings is 1. The molecule has 0 spiro atoms. The summed E-state index contributed by atoms with van der Waals surface area (Å²) < 4.78 is 19.6. The van der Waals surface area contributed by atoms with Crippen molar-refractivity contribution < 1.29 is 18.7 Å². The highest BCUT2D eigenvalue weighted by molar-refractivity contribution is 5.89. The zero-order valence-corrected chi connectivity index (χ0v) is 21.6. The van der Waals surface area contributed by atoms with Crippen LogP contribution < -0.4 is 5.32 Å². The van der Waals surface area contributed by atoms with Crippen molar-refractivity contribution in [2.24, 2.45) is 0 Å². The van der Waals surface area contributed by atoms with Gasteiger partial charge in [-0.1, -0.05) is 54.8 Å². The molecule has 9 nitrogen and oxygen atoms in total. The van der Waals surface area contributed by atoms with Gasteiger partial charge in [0.1, 0.15) is 18.4 Å². The van der Waals surface area contributed by atoms with Gasteiger partial charge in [0.2, 0.25) is 17.6 Å². The molecule has 1 aromatic heterocycles. The summed E-state index contributed by atoms with van der Waals surface area (Å²) in [6.45, 7) is 2.65. The lowest BCUT2D eigenvalue weighted by molar-refractivity contribution is -0.143. The molecule has 1 aliphatic heterocycles. The predicted octanol–water partition coefficient (Wildman–Crippen LogP) is 3.60. The Morgan fingerprint density at radius 3 is 2.50 bits per heavy atom. The number of aromatic nitrogens is 4. The van der Waals surface area contributed by atoms with E-state index in [1.165, 1.54) is 21.8 Å². The van der Waals surface area contributed by atoms with Gasteiger partial charge >= 0.3 is 0 Å². The van der Waals surface area contributed by atoms with Gasteiger partial charge < -0.3 is 15.0 Å². The Kier molecular flexibility index (Phi) is 8.07. The lowest BCUT2D eigenvalue weighted by atomic mass is 10.0. The van der Waals surface area contributed by atoms with E-state index in [2.05, 4.69) is 20.7 Å². The molecule has 5 rings (SSSR count). The lowest BCUT2D eigenvalue weighted by Gasteiger charge is -2.33. The number of hydrogen-bond donors (Lipinski definition) is 1. The number of aryl methyl sites for hydroxylation is 1. The van der Waals surface area contributed by atoms with Gasteiger partial charge in [0.25, 0.3) is 0 Å². The summed E-state index contributed by atoms with van der Waals surface area (Å²) in [6.07, 6.45) is 5.44.